The molecule has 2 aromatic rings. The smallest absolute Gasteiger partial charge is 0.522 e. The molecule has 0 spiro atoms. The van der Waals surface area contributed by atoms with Crippen LogP contribution in [-0.4, -0.2) is 28.1 Å². The number of hydrogen-bond donors (Lipinski definition) is 1. The van der Waals surface area contributed by atoms with E-state index in [0.29, 0.717) is 0 Å². The first-order chi connectivity index (χ1) is 8.29. The van der Waals surface area contributed by atoms with Crippen LogP contribution in [0.4, 0.5) is 5.69 Å². The van der Waals surface area contributed by atoms with E-state index in [4.69, 9.17) is 3.79 Å². The molecule has 2 rings (SSSR count). The summed E-state index contributed by atoms with van der Waals surface area (Å²) < 4.78 is 4.93. The molecule has 5 heteroatoms. The maximum Gasteiger partial charge on any atom is 0.522 e. The van der Waals surface area contributed by atoms with Gasteiger partial charge < -0.3 is 9.11 Å². The van der Waals surface area contributed by atoms with Gasteiger partial charge in [-0.05, 0) is 22.9 Å². The first-order valence-electron chi connectivity index (χ1n) is 5.49. The molecule has 0 fully saturated rings. The molecule has 0 amide bonds. The van der Waals surface area contributed by atoms with Crippen molar-refractivity contribution in [2.45, 2.75) is 5.79 Å². The van der Waals surface area contributed by atoms with Crippen LogP contribution in [0.15, 0.2) is 42.5 Å². The van der Waals surface area contributed by atoms with Gasteiger partial charge in [0.1, 0.15) is 6.54 Å². The average molecular weight is 331 g/mol. The van der Waals surface area contributed by atoms with Crippen LogP contribution in [0.25, 0.3) is 10.8 Å². The molecule has 0 saturated carbocycles. The number of rotatable bonds is 4. The third kappa shape index (κ3) is 4.37. The first-order valence-corrected chi connectivity index (χ1v) is 7.12. The van der Waals surface area contributed by atoms with E-state index >= 15 is 0 Å². The number of hydrogen-bond acceptors (Lipinski definition) is 3. The molecule has 0 aliphatic heterocycles. The molecule has 0 unspecified atom stereocenters. The van der Waals surface area contributed by atoms with Crippen molar-refractivity contribution in [1.29, 1.82) is 0 Å². The molecule has 0 atom stereocenters. The Morgan fingerprint density at radius 1 is 1.22 bits per heavy atom. The topological polar surface area (TPSA) is 38.3 Å². The maximum absolute atomic E-state index is 11.2. The summed E-state index contributed by atoms with van der Waals surface area (Å²) in [6.45, 7) is 0.221. The zero-order chi connectivity index (χ0) is 12.1. The number of benzene rings is 2. The van der Waals surface area contributed by atoms with Crippen molar-refractivity contribution >= 4 is 38.0 Å². The van der Waals surface area contributed by atoms with Crippen molar-refractivity contribution in [3.8, 4) is 0 Å². The second-order valence-corrected chi connectivity index (χ2v) is 4.35. The van der Waals surface area contributed by atoms with Gasteiger partial charge in [0.25, 0.3) is 5.97 Å². The van der Waals surface area contributed by atoms with Crippen molar-refractivity contribution in [2.24, 2.45) is 0 Å². The second kappa shape index (κ2) is 7.91. The minimum absolute atomic E-state index is 0. The number of anilines is 1. The van der Waals surface area contributed by atoms with E-state index in [-0.39, 0.29) is 60.8 Å². The van der Waals surface area contributed by atoms with Gasteiger partial charge in [-0.25, -0.2) is 0 Å². The Labute approximate surface area is 138 Å². The minimum Gasteiger partial charge on any atom is -0.620 e. The Balaban J connectivity index is 0.00000162. The summed E-state index contributed by atoms with van der Waals surface area (Å²) in [5.74, 6) is 1.68. The largest absolute Gasteiger partial charge is 0.620 e. The molecule has 2 aromatic carbocycles. The molecule has 88 valence electrons. The van der Waals surface area contributed by atoms with Crippen LogP contribution in [-0.2, 0) is 41.3 Å². The van der Waals surface area contributed by atoms with Crippen LogP contribution in [0.5, 0.6) is 0 Å². The predicted octanol–water partition coefficient (Wildman–Crippen LogP) is 2.46. The Bertz CT molecular complexity index is 533. The Morgan fingerprint density at radius 2 is 1.94 bits per heavy atom. The van der Waals surface area contributed by atoms with Crippen LogP contribution in [0.2, 0.25) is 5.79 Å². The molecular formula is C13H13AlNO2Y. The van der Waals surface area contributed by atoms with Crippen LogP contribution < -0.4 is 5.32 Å². The van der Waals surface area contributed by atoms with Crippen LogP contribution in [0.1, 0.15) is 0 Å². The Kier molecular flexibility index (Phi) is 6.89. The van der Waals surface area contributed by atoms with Crippen LogP contribution in [0.3, 0.4) is 0 Å². The van der Waals surface area contributed by atoms with Crippen molar-refractivity contribution < 1.29 is 41.3 Å². The third-order valence-electron chi connectivity index (χ3n) is 2.44. The molecule has 0 saturated heterocycles. The van der Waals surface area contributed by atoms with Crippen molar-refractivity contribution in [1.82, 2.24) is 0 Å². The van der Waals surface area contributed by atoms with E-state index in [2.05, 4.69) is 17.4 Å². The summed E-state index contributed by atoms with van der Waals surface area (Å²) in [6, 6.07) is 14.2. The fourth-order valence-corrected chi connectivity index (χ4v) is 1.99. The van der Waals surface area contributed by atoms with E-state index in [0.717, 1.165) is 11.1 Å². The van der Waals surface area contributed by atoms with Crippen molar-refractivity contribution in [2.75, 3.05) is 11.9 Å². The summed E-state index contributed by atoms with van der Waals surface area (Å²) in [6.07, 6.45) is 0. The molecule has 0 heterocycles. The fourth-order valence-electron chi connectivity index (χ4n) is 1.65. The molecule has 3 nitrogen and oxygen atoms in total. The molecule has 0 bridgehead atoms. The number of carbonyl (C=O) groups is 1. The van der Waals surface area contributed by atoms with Crippen molar-refractivity contribution in [3.63, 3.8) is 0 Å². The fraction of sp³-hybridized carbons (Fsp3) is 0.154. The van der Waals surface area contributed by atoms with Gasteiger partial charge in [0.15, 0.2) is 0 Å². The summed E-state index contributed by atoms with van der Waals surface area (Å²) >= 11 is -0.228. The van der Waals surface area contributed by atoms with E-state index in [9.17, 15) is 4.79 Å². The van der Waals surface area contributed by atoms with Gasteiger partial charge in [0.05, 0.1) is 0 Å². The summed E-state index contributed by atoms with van der Waals surface area (Å²) in [5, 5.41) is 5.41. The molecule has 0 aliphatic carbocycles. The van der Waals surface area contributed by atoms with Crippen LogP contribution in [0, 0.1) is 0 Å². The second-order valence-electron chi connectivity index (χ2n) is 3.64. The Morgan fingerprint density at radius 3 is 2.67 bits per heavy atom. The van der Waals surface area contributed by atoms with Gasteiger partial charge in [-0.15, -0.1) is 0 Å². The van der Waals surface area contributed by atoms with Gasteiger partial charge >= 0.3 is 15.6 Å². The zero-order valence-corrected chi connectivity index (χ0v) is 14.2. The maximum atomic E-state index is 11.2. The molecule has 0 aliphatic rings. The zero-order valence-electron chi connectivity index (χ0n) is 10.2. The van der Waals surface area contributed by atoms with Gasteiger partial charge in [0, 0.05) is 38.4 Å². The third-order valence-corrected chi connectivity index (χ3v) is 2.93. The van der Waals surface area contributed by atoms with E-state index in [1.807, 2.05) is 36.1 Å². The molecule has 2 radical (unpaired) electrons. The van der Waals surface area contributed by atoms with Gasteiger partial charge in [-0.2, -0.15) is 0 Å². The molecular weight excluding hydrogens is 318 g/mol. The minimum atomic E-state index is -0.228. The summed E-state index contributed by atoms with van der Waals surface area (Å²) in [7, 11) is 0. The van der Waals surface area contributed by atoms with Crippen molar-refractivity contribution in [3.05, 3.63) is 42.5 Å². The first kappa shape index (κ1) is 15.7. The predicted molar refractivity (Wildman–Crippen MR) is 70.1 cm³/mol. The molecule has 0 aromatic heterocycles. The Hall–Kier alpha value is -0.394. The SMILES string of the molecule is [CH3][Al][O]C(=O)CNc1ccc2ccccc2c1.[Y]. The van der Waals surface area contributed by atoms with Gasteiger partial charge in [0.2, 0.25) is 0 Å². The normalized spacial score (nSPS) is 9.39. The van der Waals surface area contributed by atoms with E-state index in [1.54, 1.807) is 0 Å². The van der Waals surface area contributed by atoms with E-state index in [1.165, 1.54) is 5.39 Å². The number of nitrogens with one attached hydrogen (secondary N) is 1. The number of carbonyl (C=O) groups excluding carboxylic acids is 1. The quantitative estimate of drug-likeness (QED) is 0.875. The monoisotopic (exact) mass is 331 g/mol. The standard InChI is InChI=1S/C12H11NO2.CH3.Al.Y/c14-12(15)8-13-11-6-5-9-3-1-2-4-10(9)7-11;;;/h1-7,13H,8H2,(H,14,15);1H3;;/q;;+1;/p-1. The summed E-state index contributed by atoms with van der Waals surface area (Å²) in [4.78, 5) is 11.2. The van der Waals surface area contributed by atoms with Gasteiger partial charge in [-0.1, -0.05) is 36.1 Å². The molecule has 18 heavy (non-hydrogen) atoms. The molecule has 1 N–H and O–H groups in total. The van der Waals surface area contributed by atoms with Crippen LogP contribution >= 0.6 is 0 Å². The number of fused-ring (bicyclic) bond motifs is 1. The summed E-state index contributed by atoms with van der Waals surface area (Å²) in [5.41, 5.74) is 0.937. The average Bonchev–Trinajstić information content (AvgIpc) is 2.36. The van der Waals surface area contributed by atoms with E-state index < -0.39 is 0 Å². The van der Waals surface area contributed by atoms with Gasteiger partial charge in [-0.3, -0.25) is 4.79 Å².